The Morgan fingerprint density at radius 3 is 1.76 bits per heavy atom. The van der Waals surface area contributed by atoms with Crippen LogP contribution in [0.3, 0.4) is 0 Å². The number of aliphatic hydroxyl groups excluding tert-OH is 2. The lowest BCUT2D eigenvalue weighted by Gasteiger charge is -2.24. The fourth-order valence-corrected chi connectivity index (χ4v) is 6.53. The van der Waals surface area contributed by atoms with E-state index in [9.17, 15) is 24.5 Å². The average molecular weight is 803 g/mol. The molecule has 0 saturated carbocycles. The molecule has 0 amide bonds. The molecule has 0 radical (unpaired) electrons. The Kier molecular flexibility index (Phi) is 35.8. The number of unbranched alkanes of at least 4 members (excludes halogenated alkanes) is 18. The molecule has 0 fully saturated rings. The Hall–Kier alpha value is -1.52. The van der Waals surface area contributed by atoms with E-state index >= 15 is 0 Å². The molecule has 0 aliphatic rings. The predicted molar refractivity (Wildman–Crippen MR) is 227 cm³/mol. The van der Waals surface area contributed by atoms with E-state index in [2.05, 4.69) is 32.1 Å². The quantitative estimate of drug-likeness (QED) is 0.0138. The van der Waals surface area contributed by atoms with E-state index in [1.807, 2.05) is 33.3 Å². The number of carbonyl (C=O) groups excluding carboxylic acids is 1. The lowest BCUT2D eigenvalue weighted by atomic mass is 10.0. The molecule has 11 heteroatoms. The van der Waals surface area contributed by atoms with Crippen molar-refractivity contribution in [2.45, 2.75) is 193 Å². The van der Waals surface area contributed by atoms with E-state index in [-0.39, 0.29) is 32.2 Å². The average Bonchev–Trinajstić information content (AvgIpc) is 3.13. The summed E-state index contributed by atoms with van der Waals surface area (Å²) in [4.78, 5) is 22.7. The van der Waals surface area contributed by atoms with Gasteiger partial charge in [0.25, 0.3) is 0 Å². The summed E-state index contributed by atoms with van der Waals surface area (Å²) >= 11 is 0. The fraction of sp³-hybridized carbons (Fsp3) is 0.841. The minimum absolute atomic E-state index is 0.0628. The van der Waals surface area contributed by atoms with Gasteiger partial charge in [-0.3, -0.25) is 13.8 Å². The molecule has 0 spiro atoms. The van der Waals surface area contributed by atoms with Gasteiger partial charge in [0.1, 0.15) is 19.8 Å². The van der Waals surface area contributed by atoms with Crippen LogP contribution in [-0.2, 0) is 27.9 Å². The molecular formula is C44H85NO9P+. The number of allylic oxidation sites excluding steroid dienone is 4. The standard InChI is InChI=1S/C44H84NO9P/c1-6-8-10-12-14-15-16-17-18-19-20-21-22-23-28-32-37-51-41(40-54-55(49,50)53-38-36-45(3,4)5)39-52-44(48)35-31-27-24-26-30-34-43(47)42(46)33-29-25-13-11-9-7-2/h15-16,25,29,32,37,41-43,46-47H,6-14,17-24,26-28,30-31,33-36,38-40H2,1-5H3/p+1/b16-15-,29-25-,37-32+/t41-,42-,43-/m1/s1. The van der Waals surface area contributed by atoms with Crippen molar-refractivity contribution in [1.82, 2.24) is 0 Å². The number of rotatable bonds is 40. The Morgan fingerprint density at radius 2 is 1.15 bits per heavy atom. The zero-order valence-electron chi connectivity index (χ0n) is 35.9. The molecule has 0 aliphatic heterocycles. The second-order valence-electron chi connectivity index (χ2n) is 16.1. The van der Waals surface area contributed by atoms with Gasteiger partial charge >= 0.3 is 13.8 Å². The second-order valence-corrected chi connectivity index (χ2v) is 17.5. The van der Waals surface area contributed by atoms with Gasteiger partial charge in [-0.15, -0.1) is 0 Å². The first-order valence-electron chi connectivity index (χ1n) is 21.9. The molecule has 3 N–H and O–H groups in total. The van der Waals surface area contributed by atoms with Gasteiger partial charge < -0.3 is 29.1 Å². The molecule has 0 aromatic rings. The fourth-order valence-electron chi connectivity index (χ4n) is 5.79. The number of ether oxygens (including phenoxy) is 2. The highest BCUT2D eigenvalue weighted by Gasteiger charge is 2.25. The molecule has 0 saturated heterocycles. The van der Waals surface area contributed by atoms with Crippen molar-refractivity contribution in [3.05, 3.63) is 36.6 Å². The number of phosphoric ester groups is 1. The van der Waals surface area contributed by atoms with E-state index in [1.54, 1.807) is 6.26 Å². The minimum Gasteiger partial charge on any atom is -0.492 e. The lowest BCUT2D eigenvalue weighted by Crippen LogP contribution is -2.37. The van der Waals surface area contributed by atoms with Crippen LogP contribution in [0.5, 0.6) is 0 Å². The molecule has 1 unspecified atom stereocenters. The topological polar surface area (TPSA) is 132 Å². The molecule has 10 nitrogen and oxygen atoms in total. The highest BCUT2D eigenvalue weighted by atomic mass is 31.2. The summed E-state index contributed by atoms with van der Waals surface area (Å²) in [5.41, 5.74) is 0. The number of hydrogen-bond donors (Lipinski definition) is 3. The Balaban J connectivity index is 4.42. The molecule has 55 heavy (non-hydrogen) atoms. The van der Waals surface area contributed by atoms with Gasteiger partial charge in [0.05, 0.1) is 46.2 Å². The first-order valence-corrected chi connectivity index (χ1v) is 23.4. The van der Waals surface area contributed by atoms with Crippen LogP contribution in [0.1, 0.15) is 174 Å². The molecule has 0 heterocycles. The van der Waals surface area contributed by atoms with Gasteiger partial charge in [-0.2, -0.15) is 0 Å². The Bertz CT molecular complexity index is 1010. The monoisotopic (exact) mass is 803 g/mol. The molecule has 324 valence electrons. The Morgan fingerprint density at radius 1 is 0.636 bits per heavy atom. The minimum atomic E-state index is -4.30. The molecule has 4 atom stereocenters. The largest absolute Gasteiger partial charge is 0.492 e. The van der Waals surface area contributed by atoms with Crippen LogP contribution < -0.4 is 0 Å². The normalized spacial score (nSPS) is 15.2. The van der Waals surface area contributed by atoms with Crippen LogP contribution in [0, 0.1) is 0 Å². The van der Waals surface area contributed by atoms with Crippen LogP contribution in [0.2, 0.25) is 0 Å². The third-order valence-electron chi connectivity index (χ3n) is 9.46. The summed E-state index contributed by atoms with van der Waals surface area (Å²) in [6.45, 7) is 4.65. The van der Waals surface area contributed by atoms with Crippen LogP contribution in [0.25, 0.3) is 0 Å². The first-order chi connectivity index (χ1) is 26.4. The number of esters is 1. The summed E-state index contributed by atoms with van der Waals surface area (Å²) in [7, 11) is 1.58. The van der Waals surface area contributed by atoms with Gasteiger partial charge in [0, 0.05) is 6.42 Å². The maximum absolute atomic E-state index is 12.5. The number of hydrogen-bond acceptors (Lipinski definition) is 8. The maximum Gasteiger partial charge on any atom is 0.472 e. The molecule has 0 rings (SSSR count). The molecule has 0 bridgehead atoms. The van der Waals surface area contributed by atoms with Crippen molar-refractivity contribution in [2.24, 2.45) is 0 Å². The van der Waals surface area contributed by atoms with E-state index in [0.29, 0.717) is 30.3 Å². The van der Waals surface area contributed by atoms with E-state index in [0.717, 1.165) is 57.8 Å². The Labute approximate surface area is 337 Å². The summed E-state index contributed by atoms with van der Waals surface area (Å²) in [6.07, 6.45) is 35.8. The van der Waals surface area contributed by atoms with Crippen LogP contribution in [0.15, 0.2) is 36.6 Å². The smallest absolute Gasteiger partial charge is 0.472 e. The van der Waals surface area contributed by atoms with Gasteiger partial charge in [-0.25, -0.2) is 4.57 Å². The van der Waals surface area contributed by atoms with Crippen molar-refractivity contribution in [1.29, 1.82) is 0 Å². The summed E-state index contributed by atoms with van der Waals surface area (Å²) in [5, 5.41) is 20.5. The van der Waals surface area contributed by atoms with Crippen molar-refractivity contribution in [3.63, 3.8) is 0 Å². The summed E-state index contributed by atoms with van der Waals surface area (Å²) in [6, 6.07) is 0. The number of likely N-dealkylation sites (N-methyl/N-ethyl adjacent to an activating group) is 1. The number of nitrogens with zero attached hydrogens (tertiary/aromatic N) is 1. The number of quaternary nitrogens is 1. The van der Waals surface area contributed by atoms with Gasteiger partial charge in [0.15, 0.2) is 6.10 Å². The van der Waals surface area contributed by atoms with E-state index < -0.39 is 26.1 Å². The highest BCUT2D eigenvalue weighted by Crippen LogP contribution is 2.43. The van der Waals surface area contributed by atoms with Gasteiger partial charge in [-0.1, -0.05) is 122 Å². The third-order valence-corrected chi connectivity index (χ3v) is 10.4. The first kappa shape index (κ1) is 53.5. The van der Waals surface area contributed by atoms with Crippen LogP contribution in [0.4, 0.5) is 0 Å². The van der Waals surface area contributed by atoms with Crippen molar-refractivity contribution < 1.29 is 47.5 Å². The van der Waals surface area contributed by atoms with Crippen molar-refractivity contribution >= 4 is 13.8 Å². The van der Waals surface area contributed by atoms with Gasteiger partial charge in [0.2, 0.25) is 0 Å². The SMILES string of the molecule is CCCCC/C=C\C[C@@H](O)[C@H](O)CCCCCCCC(=O)OC[C@H](COP(=O)(O)OCC[N+](C)(C)C)O/C=C/CCCCCCCC/C=C\CCCCCC. The summed E-state index contributed by atoms with van der Waals surface area (Å²) in [5.74, 6) is -0.358. The second kappa shape index (κ2) is 36.8. The molecule has 0 aromatic carbocycles. The molecular weight excluding hydrogens is 717 g/mol. The molecule has 0 aromatic heterocycles. The van der Waals surface area contributed by atoms with E-state index in [4.69, 9.17) is 18.5 Å². The zero-order chi connectivity index (χ0) is 40.9. The number of phosphoric acid groups is 1. The molecule has 0 aliphatic carbocycles. The van der Waals surface area contributed by atoms with E-state index in [1.165, 1.54) is 77.0 Å². The highest BCUT2D eigenvalue weighted by molar-refractivity contribution is 7.47. The zero-order valence-corrected chi connectivity index (χ0v) is 36.8. The number of carbonyl (C=O) groups is 1. The maximum atomic E-state index is 12.5. The number of aliphatic hydroxyl groups is 2. The third kappa shape index (κ3) is 39.1. The van der Waals surface area contributed by atoms with Crippen LogP contribution >= 0.6 is 7.82 Å². The van der Waals surface area contributed by atoms with Crippen LogP contribution in [-0.4, -0.2) is 91.4 Å². The van der Waals surface area contributed by atoms with Crippen molar-refractivity contribution in [2.75, 3.05) is 47.5 Å². The van der Waals surface area contributed by atoms with Gasteiger partial charge in [-0.05, 0) is 76.7 Å². The summed E-state index contributed by atoms with van der Waals surface area (Å²) < 4.78 is 34.6. The predicted octanol–water partition coefficient (Wildman–Crippen LogP) is 10.9. The van der Waals surface area contributed by atoms with Crippen molar-refractivity contribution in [3.8, 4) is 0 Å². The lowest BCUT2D eigenvalue weighted by molar-refractivity contribution is -0.870.